The molecule has 0 N–H and O–H groups in total. The fraction of sp³-hybridized carbons (Fsp3) is 0.300. The van der Waals surface area contributed by atoms with Crippen LogP contribution in [0.3, 0.4) is 0 Å². The lowest BCUT2D eigenvalue weighted by atomic mass is 10.2. The molecule has 11 heteroatoms. The van der Waals surface area contributed by atoms with Crippen LogP contribution in [0.1, 0.15) is 11.4 Å². The molecule has 0 amide bonds. The van der Waals surface area contributed by atoms with Crippen LogP contribution >= 0.6 is 0 Å². The zero-order chi connectivity index (χ0) is 22.0. The molecule has 1 saturated heterocycles. The normalized spacial score (nSPS) is 15.8. The molecular weight excluding hydrogens is 422 g/mol. The molecule has 0 aliphatic carbocycles. The van der Waals surface area contributed by atoms with Crippen molar-refractivity contribution in [2.75, 3.05) is 26.2 Å². The molecule has 1 aromatic heterocycles. The van der Waals surface area contributed by atoms with Crippen molar-refractivity contribution >= 4 is 15.7 Å². The summed E-state index contributed by atoms with van der Waals surface area (Å²) in [4.78, 5) is 16.9. The highest BCUT2D eigenvalue weighted by Crippen LogP contribution is 2.26. The number of rotatable bonds is 6. The van der Waals surface area contributed by atoms with Gasteiger partial charge in [0.2, 0.25) is 10.0 Å². The van der Waals surface area contributed by atoms with E-state index in [2.05, 4.69) is 10.1 Å². The smallest absolute Gasteiger partial charge is 0.270 e. The molecule has 3 aromatic rings. The number of hydrogen-bond acceptors (Lipinski definition) is 8. The first-order chi connectivity index (χ1) is 14.8. The van der Waals surface area contributed by atoms with Gasteiger partial charge in [-0.2, -0.15) is 9.29 Å². The van der Waals surface area contributed by atoms with E-state index in [0.717, 1.165) is 11.6 Å². The molecule has 1 fully saturated rings. The fourth-order valence-electron chi connectivity index (χ4n) is 3.46. The minimum absolute atomic E-state index is 0.0270. The first-order valence-corrected chi connectivity index (χ1v) is 11.1. The van der Waals surface area contributed by atoms with Gasteiger partial charge in [-0.05, 0) is 24.6 Å². The van der Waals surface area contributed by atoms with Gasteiger partial charge >= 0.3 is 0 Å². The molecule has 0 saturated carbocycles. The van der Waals surface area contributed by atoms with Gasteiger partial charge in [0, 0.05) is 43.9 Å². The molecule has 31 heavy (non-hydrogen) atoms. The molecule has 1 aliphatic rings. The third kappa shape index (κ3) is 4.48. The zero-order valence-electron chi connectivity index (χ0n) is 16.8. The SMILES string of the molecule is Cc1ccc([N+](=O)[O-])cc1S(=O)(=O)N1CCN(Cc2noc(-c3ccccc3)n2)CC1. The van der Waals surface area contributed by atoms with Crippen molar-refractivity contribution in [1.29, 1.82) is 0 Å². The molecular formula is C20H21N5O5S. The van der Waals surface area contributed by atoms with Crippen LogP contribution in [0.4, 0.5) is 5.69 Å². The van der Waals surface area contributed by atoms with E-state index in [1.54, 1.807) is 6.92 Å². The summed E-state index contributed by atoms with van der Waals surface area (Å²) in [7, 11) is -3.82. The fourth-order valence-corrected chi connectivity index (χ4v) is 5.13. The summed E-state index contributed by atoms with van der Waals surface area (Å²) in [5, 5.41) is 15.1. The topological polar surface area (TPSA) is 123 Å². The Labute approximate surface area is 179 Å². The lowest BCUT2D eigenvalue weighted by molar-refractivity contribution is -0.385. The lowest BCUT2D eigenvalue weighted by Gasteiger charge is -2.33. The van der Waals surface area contributed by atoms with Gasteiger partial charge in [-0.25, -0.2) is 8.42 Å². The number of non-ortho nitro benzene ring substituents is 1. The van der Waals surface area contributed by atoms with E-state index in [0.29, 0.717) is 36.9 Å². The van der Waals surface area contributed by atoms with Crippen LogP contribution in [0.5, 0.6) is 0 Å². The molecule has 4 rings (SSSR count). The van der Waals surface area contributed by atoms with E-state index in [9.17, 15) is 18.5 Å². The van der Waals surface area contributed by atoms with Gasteiger partial charge in [0.15, 0.2) is 5.82 Å². The first-order valence-electron chi connectivity index (χ1n) is 9.70. The van der Waals surface area contributed by atoms with Crippen molar-refractivity contribution < 1.29 is 17.9 Å². The van der Waals surface area contributed by atoms with E-state index in [1.807, 2.05) is 35.2 Å². The summed E-state index contributed by atoms with van der Waals surface area (Å²) < 4.78 is 32.8. The van der Waals surface area contributed by atoms with Gasteiger partial charge in [-0.1, -0.05) is 29.4 Å². The quantitative estimate of drug-likeness (QED) is 0.420. The number of benzene rings is 2. The largest absolute Gasteiger partial charge is 0.334 e. The Morgan fingerprint density at radius 3 is 2.48 bits per heavy atom. The Kier molecular flexibility index (Phi) is 5.81. The highest BCUT2D eigenvalue weighted by molar-refractivity contribution is 7.89. The van der Waals surface area contributed by atoms with Crippen molar-refractivity contribution in [3.63, 3.8) is 0 Å². The van der Waals surface area contributed by atoms with Crippen molar-refractivity contribution in [1.82, 2.24) is 19.3 Å². The van der Waals surface area contributed by atoms with Gasteiger partial charge in [0.25, 0.3) is 11.6 Å². The van der Waals surface area contributed by atoms with Crippen molar-refractivity contribution in [2.24, 2.45) is 0 Å². The number of aryl methyl sites for hydroxylation is 1. The molecule has 10 nitrogen and oxygen atoms in total. The van der Waals surface area contributed by atoms with Gasteiger partial charge in [-0.3, -0.25) is 15.0 Å². The molecule has 162 valence electrons. The molecule has 0 spiro atoms. The number of sulfonamides is 1. The minimum atomic E-state index is -3.82. The monoisotopic (exact) mass is 443 g/mol. The summed E-state index contributed by atoms with van der Waals surface area (Å²) in [6.07, 6.45) is 0. The summed E-state index contributed by atoms with van der Waals surface area (Å²) in [6.45, 7) is 3.60. The van der Waals surface area contributed by atoms with Gasteiger partial charge in [-0.15, -0.1) is 0 Å². The standard InChI is InChI=1S/C20H21N5O5S/c1-15-7-8-17(25(26)27)13-18(15)31(28,29)24-11-9-23(10-12-24)14-19-21-20(30-22-19)16-5-3-2-4-6-16/h2-8,13H,9-12,14H2,1H3. The Morgan fingerprint density at radius 1 is 1.10 bits per heavy atom. The zero-order valence-corrected chi connectivity index (χ0v) is 17.7. The second kappa shape index (κ2) is 8.53. The van der Waals surface area contributed by atoms with E-state index in [4.69, 9.17) is 4.52 Å². The number of nitro benzene ring substituents is 1. The Hall–Kier alpha value is -3.15. The van der Waals surface area contributed by atoms with Crippen LogP contribution in [0.25, 0.3) is 11.5 Å². The average molecular weight is 443 g/mol. The van der Waals surface area contributed by atoms with Crippen LogP contribution in [-0.4, -0.2) is 58.9 Å². The number of aromatic nitrogens is 2. The van der Waals surface area contributed by atoms with E-state index in [-0.39, 0.29) is 23.7 Å². The summed E-state index contributed by atoms with van der Waals surface area (Å²) in [5.41, 5.74) is 1.08. The van der Waals surface area contributed by atoms with Crippen molar-refractivity contribution in [2.45, 2.75) is 18.4 Å². The molecule has 0 radical (unpaired) electrons. The van der Waals surface area contributed by atoms with Crippen molar-refractivity contribution in [3.05, 3.63) is 70.0 Å². The molecule has 0 unspecified atom stereocenters. The number of nitro groups is 1. The van der Waals surface area contributed by atoms with Crippen LogP contribution < -0.4 is 0 Å². The van der Waals surface area contributed by atoms with E-state index >= 15 is 0 Å². The molecule has 0 bridgehead atoms. The van der Waals surface area contributed by atoms with Gasteiger partial charge in [0.1, 0.15) is 0 Å². The second-order valence-electron chi connectivity index (χ2n) is 7.27. The maximum atomic E-state index is 13.1. The molecule has 0 atom stereocenters. The van der Waals surface area contributed by atoms with Gasteiger partial charge in [0.05, 0.1) is 16.4 Å². The maximum absolute atomic E-state index is 13.1. The highest BCUT2D eigenvalue weighted by Gasteiger charge is 2.31. The predicted octanol–water partition coefficient (Wildman–Crippen LogP) is 2.46. The van der Waals surface area contributed by atoms with Crippen LogP contribution in [-0.2, 0) is 16.6 Å². The third-order valence-electron chi connectivity index (χ3n) is 5.19. The van der Waals surface area contributed by atoms with Gasteiger partial charge < -0.3 is 4.52 Å². The molecule has 2 aromatic carbocycles. The first kappa shape index (κ1) is 21.1. The summed E-state index contributed by atoms with van der Waals surface area (Å²) in [6, 6.07) is 13.4. The maximum Gasteiger partial charge on any atom is 0.270 e. The summed E-state index contributed by atoms with van der Waals surface area (Å²) in [5.74, 6) is 0.975. The Bertz CT molecular complexity index is 1190. The van der Waals surface area contributed by atoms with Crippen molar-refractivity contribution in [3.8, 4) is 11.5 Å². The number of hydrogen-bond donors (Lipinski definition) is 0. The second-order valence-corrected chi connectivity index (χ2v) is 9.18. The van der Waals surface area contributed by atoms with E-state index in [1.165, 1.54) is 16.4 Å². The molecule has 2 heterocycles. The average Bonchev–Trinajstić information content (AvgIpc) is 3.23. The van der Waals surface area contributed by atoms with Crippen LogP contribution in [0, 0.1) is 17.0 Å². The van der Waals surface area contributed by atoms with E-state index < -0.39 is 14.9 Å². The Morgan fingerprint density at radius 2 is 1.81 bits per heavy atom. The van der Waals surface area contributed by atoms with Crippen LogP contribution in [0.2, 0.25) is 0 Å². The summed E-state index contributed by atoms with van der Waals surface area (Å²) >= 11 is 0. The van der Waals surface area contributed by atoms with Crippen LogP contribution in [0.15, 0.2) is 57.9 Å². The lowest BCUT2D eigenvalue weighted by Crippen LogP contribution is -2.48. The molecule has 1 aliphatic heterocycles. The number of piperazine rings is 1. The Balaban J connectivity index is 1.41. The third-order valence-corrected chi connectivity index (χ3v) is 7.23. The minimum Gasteiger partial charge on any atom is -0.334 e. The number of nitrogens with zero attached hydrogens (tertiary/aromatic N) is 5. The highest BCUT2D eigenvalue weighted by atomic mass is 32.2. The predicted molar refractivity (Wildman–Crippen MR) is 112 cm³/mol.